The average Bonchev–Trinajstić information content (AvgIpc) is 2.76. The highest BCUT2D eigenvalue weighted by Gasteiger charge is 2.16. The molecule has 1 heterocycles. The molecule has 0 saturated carbocycles. The van der Waals surface area contributed by atoms with Crippen molar-refractivity contribution in [1.82, 2.24) is 9.13 Å². The molecule has 0 aliphatic carbocycles. The highest BCUT2D eigenvalue weighted by atomic mass is 35.5. The number of hydrogen-bond acceptors (Lipinski definition) is 3. The van der Waals surface area contributed by atoms with E-state index in [1.807, 2.05) is 0 Å². The summed E-state index contributed by atoms with van der Waals surface area (Å²) in [7, 11) is 0. The van der Waals surface area contributed by atoms with Crippen molar-refractivity contribution in [3.63, 3.8) is 0 Å². The Bertz CT molecular complexity index is 1390. The van der Waals surface area contributed by atoms with Gasteiger partial charge in [0.1, 0.15) is 6.54 Å². The molecule has 0 saturated heterocycles. The number of aromatic nitrogens is 2. The topological polar surface area (TPSA) is 73.1 Å². The summed E-state index contributed by atoms with van der Waals surface area (Å²) >= 11 is 11.9. The fourth-order valence-electron chi connectivity index (χ4n) is 3.36. The number of nitrogens with zero attached hydrogens (tertiary/aromatic N) is 2. The van der Waals surface area contributed by atoms with E-state index in [4.69, 9.17) is 23.2 Å². The molecule has 0 unspecified atom stereocenters. The van der Waals surface area contributed by atoms with Crippen LogP contribution in [0.3, 0.4) is 0 Å². The van der Waals surface area contributed by atoms with E-state index in [0.717, 1.165) is 4.57 Å². The number of fused-ring (bicyclic) bond motifs is 1. The molecule has 0 spiro atoms. The van der Waals surface area contributed by atoms with Crippen LogP contribution in [0.25, 0.3) is 10.9 Å². The third-order valence-corrected chi connectivity index (χ3v) is 5.28. The van der Waals surface area contributed by atoms with Crippen LogP contribution in [0.15, 0.2) is 82.4 Å². The maximum atomic E-state index is 13.2. The molecule has 6 nitrogen and oxygen atoms in total. The van der Waals surface area contributed by atoms with Crippen molar-refractivity contribution in [2.45, 2.75) is 13.1 Å². The monoisotopic (exact) mass is 453 g/mol. The van der Waals surface area contributed by atoms with Crippen LogP contribution in [0.1, 0.15) is 5.56 Å². The first-order valence-corrected chi connectivity index (χ1v) is 10.2. The molecule has 0 fully saturated rings. The van der Waals surface area contributed by atoms with Gasteiger partial charge in [-0.05, 0) is 54.1 Å². The van der Waals surface area contributed by atoms with Gasteiger partial charge in [0.15, 0.2) is 0 Å². The van der Waals surface area contributed by atoms with Crippen LogP contribution in [0.5, 0.6) is 0 Å². The highest BCUT2D eigenvalue weighted by molar-refractivity contribution is 6.30. The van der Waals surface area contributed by atoms with Gasteiger partial charge in [0, 0.05) is 15.7 Å². The van der Waals surface area contributed by atoms with Gasteiger partial charge >= 0.3 is 5.69 Å². The Kier molecular flexibility index (Phi) is 5.93. The van der Waals surface area contributed by atoms with Crippen molar-refractivity contribution in [1.29, 1.82) is 0 Å². The van der Waals surface area contributed by atoms with Crippen molar-refractivity contribution in [2.24, 2.45) is 0 Å². The van der Waals surface area contributed by atoms with Crippen LogP contribution in [-0.2, 0) is 17.9 Å². The Morgan fingerprint density at radius 1 is 0.839 bits per heavy atom. The molecular formula is C23H17Cl2N3O3. The third-order valence-electron chi connectivity index (χ3n) is 4.79. The zero-order valence-electron chi connectivity index (χ0n) is 16.2. The Hall–Kier alpha value is -3.35. The van der Waals surface area contributed by atoms with E-state index in [-0.39, 0.29) is 13.1 Å². The Labute approximate surface area is 187 Å². The van der Waals surface area contributed by atoms with Crippen molar-refractivity contribution < 1.29 is 4.79 Å². The smallest absolute Gasteiger partial charge is 0.325 e. The minimum absolute atomic E-state index is 0.0435. The van der Waals surface area contributed by atoms with Gasteiger partial charge in [-0.3, -0.25) is 18.7 Å². The average molecular weight is 454 g/mol. The number of para-hydroxylation sites is 1. The SMILES string of the molecule is O=C(Cn1c(=O)n(Cc2cccc(Cl)c2)c(=O)c2ccccc21)Nc1ccc(Cl)cc1. The van der Waals surface area contributed by atoms with E-state index in [0.29, 0.717) is 32.2 Å². The van der Waals surface area contributed by atoms with E-state index in [9.17, 15) is 14.4 Å². The number of halogens is 2. The van der Waals surface area contributed by atoms with Crippen LogP contribution < -0.4 is 16.6 Å². The quantitative estimate of drug-likeness (QED) is 0.492. The molecule has 4 aromatic rings. The van der Waals surface area contributed by atoms with Crippen LogP contribution in [0, 0.1) is 0 Å². The summed E-state index contributed by atoms with van der Waals surface area (Å²) in [6.45, 7) is -0.209. The van der Waals surface area contributed by atoms with Gasteiger partial charge in [0.25, 0.3) is 5.56 Å². The fourth-order valence-corrected chi connectivity index (χ4v) is 3.70. The predicted molar refractivity (Wildman–Crippen MR) is 123 cm³/mol. The minimum atomic E-state index is -0.574. The van der Waals surface area contributed by atoms with Crippen molar-refractivity contribution in [3.05, 3.63) is 109 Å². The number of benzene rings is 3. The lowest BCUT2D eigenvalue weighted by Gasteiger charge is -2.14. The number of nitrogens with one attached hydrogen (secondary N) is 1. The molecule has 1 aromatic heterocycles. The molecule has 0 atom stereocenters. The van der Waals surface area contributed by atoms with Crippen LogP contribution in [0.2, 0.25) is 10.0 Å². The summed E-state index contributed by atoms with van der Waals surface area (Å²) in [6, 6.07) is 20.3. The van der Waals surface area contributed by atoms with Crippen molar-refractivity contribution >= 4 is 45.7 Å². The Morgan fingerprint density at radius 2 is 1.58 bits per heavy atom. The summed E-state index contributed by atoms with van der Waals surface area (Å²) in [6.07, 6.45) is 0. The molecule has 156 valence electrons. The Balaban J connectivity index is 1.75. The number of hydrogen-bond donors (Lipinski definition) is 1. The van der Waals surface area contributed by atoms with Gasteiger partial charge < -0.3 is 5.32 Å². The van der Waals surface area contributed by atoms with Gasteiger partial charge in [0.05, 0.1) is 17.4 Å². The highest BCUT2D eigenvalue weighted by Crippen LogP contribution is 2.15. The molecule has 1 amide bonds. The lowest BCUT2D eigenvalue weighted by molar-refractivity contribution is -0.116. The van der Waals surface area contributed by atoms with Gasteiger partial charge in [0.2, 0.25) is 5.91 Å². The second kappa shape index (κ2) is 8.79. The van der Waals surface area contributed by atoms with E-state index in [1.165, 1.54) is 4.57 Å². The standard InChI is InChI=1S/C23H17Cl2N3O3/c24-16-8-10-18(11-9-16)26-21(29)14-27-20-7-2-1-6-19(20)22(30)28(23(27)31)13-15-4-3-5-17(25)12-15/h1-12H,13-14H2,(H,26,29). The van der Waals surface area contributed by atoms with Crippen molar-refractivity contribution in [2.75, 3.05) is 5.32 Å². The summed E-state index contributed by atoms with van der Waals surface area (Å²) < 4.78 is 2.41. The van der Waals surface area contributed by atoms with Crippen LogP contribution >= 0.6 is 23.2 Å². The number of amides is 1. The molecule has 0 aliphatic rings. The second-order valence-electron chi connectivity index (χ2n) is 6.96. The largest absolute Gasteiger partial charge is 0.332 e. The minimum Gasteiger partial charge on any atom is -0.325 e. The number of carbonyl (C=O) groups excluding carboxylic acids is 1. The van der Waals surface area contributed by atoms with Crippen LogP contribution in [-0.4, -0.2) is 15.0 Å². The molecule has 0 radical (unpaired) electrons. The first kappa shape index (κ1) is 20.9. The van der Waals surface area contributed by atoms with Gasteiger partial charge in [-0.15, -0.1) is 0 Å². The maximum absolute atomic E-state index is 13.2. The summed E-state index contributed by atoms with van der Waals surface area (Å²) in [5, 5.41) is 4.15. The lowest BCUT2D eigenvalue weighted by Crippen LogP contribution is -2.42. The van der Waals surface area contributed by atoms with Crippen LogP contribution in [0.4, 0.5) is 5.69 Å². The van der Waals surface area contributed by atoms with Gasteiger partial charge in [-0.1, -0.05) is 47.5 Å². The zero-order chi connectivity index (χ0) is 22.0. The molecule has 31 heavy (non-hydrogen) atoms. The van der Waals surface area contributed by atoms with E-state index in [1.54, 1.807) is 72.8 Å². The van der Waals surface area contributed by atoms with Gasteiger partial charge in [-0.2, -0.15) is 0 Å². The molecule has 8 heteroatoms. The summed E-state index contributed by atoms with van der Waals surface area (Å²) in [4.78, 5) is 38.9. The predicted octanol–water partition coefficient (Wildman–Crippen LogP) is 4.16. The lowest BCUT2D eigenvalue weighted by atomic mass is 10.2. The van der Waals surface area contributed by atoms with Crippen molar-refractivity contribution in [3.8, 4) is 0 Å². The fraction of sp³-hybridized carbons (Fsp3) is 0.0870. The maximum Gasteiger partial charge on any atom is 0.332 e. The molecule has 0 aliphatic heterocycles. The second-order valence-corrected chi connectivity index (χ2v) is 7.84. The summed E-state index contributed by atoms with van der Waals surface area (Å²) in [5.41, 5.74) is 0.661. The third kappa shape index (κ3) is 4.55. The molecular weight excluding hydrogens is 437 g/mol. The molecule has 0 bridgehead atoms. The number of rotatable bonds is 5. The zero-order valence-corrected chi connectivity index (χ0v) is 17.7. The Morgan fingerprint density at radius 3 is 2.32 bits per heavy atom. The normalized spacial score (nSPS) is 10.9. The van der Waals surface area contributed by atoms with Gasteiger partial charge in [-0.25, -0.2) is 4.79 Å². The molecule has 1 N–H and O–H groups in total. The first-order valence-electron chi connectivity index (χ1n) is 9.44. The number of anilines is 1. The number of carbonyl (C=O) groups is 1. The molecule has 3 aromatic carbocycles. The summed E-state index contributed by atoms with van der Waals surface area (Å²) in [5.74, 6) is -0.400. The molecule has 4 rings (SSSR count). The van der Waals surface area contributed by atoms with E-state index < -0.39 is 17.2 Å². The first-order chi connectivity index (χ1) is 14.9. The van der Waals surface area contributed by atoms with E-state index >= 15 is 0 Å². The van der Waals surface area contributed by atoms with E-state index in [2.05, 4.69) is 5.32 Å².